The molecule has 0 aromatic heterocycles. The Morgan fingerprint density at radius 2 is 1.25 bits per heavy atom. The number of aliphatic hydroxyl groups excluding tert-OH is 3. The van der Waals surface area contributed by atoms with Gasteiger partial charge in [0.2, 0.25) is 0 Å². The van der Waals surface area contributed by atoms with Crippen molar-refractivity contribution >= 4 is 23.9 Å². The van der Waals surface area contributed by atoms with Gasteiger partial charge in [-0.3, -0.25) is 19.2 Å². The Labute approximate surface area is 352 Å². The van der Waals surface area contributed by atoms with Crippen LogP contribution in [-0.4, -0.2) is 80.9 Å². The zero-order chi connectivity index (χ0) is 43.6. The fourth-order valence-electron chi connectivity index (χ4n) is 9.83. The zero-order valence-electron chi connectivity index (χ0n) is 36.8. The maximum Gasteiger partial charge on any atom is 0.308 e. The number of fused-ring (bicyclic) bond motifs is 2. The van der Waals surface area contributed by atoms with Gasteiger partial charge in [-0.2, -0.15) is 0 Å². The van der Waals surface area contributed by atoms with Gasteiger partial charge in [-0.05, 0) is 104 Å². The number of rotatable bonds is 16. The number of esters is 3. The summed E-state index contributed by atoms with van der Waals surface area (Å²) in [6, 6.07) is 0. The second-order valence-electron chi connectivity index (χ2n) is 18.6. The first-order valence-corrected chi connectivity index (χ1v) is 22.6. The van der Waals surface area contributed by atoms with E-state index < -0.39 is 24.3 Å². The van der Waals surface area contributed by atoms with Gasteiger partial charge in [0.15, 0.2) is 0 Å². The summed E-state index contributed by atoms with van der Waals surface area (Å²) >= 11 is 0. The van der Waals surface area contributed by atoms with Crippen LogP contribution in [0.15, 0.2) is 47.6 Å². The van der Waals surface area contributed by atoms with Crippen molar-refractivity contribution < 1.29 is 53.8 Å². The van der Waals surface area contributed by atoms with E-state index in [4.69, 9.17) is 19.3 Å². The normalized spacial score (nSPS) is 34.5. The third-order valence-electron chi connectivity index (χ3n) is 13.6. The summed E-state index contributed by atoms with van der Waals surface area (Å²) in [5.41, 5.74) is 2.48. The van der Waals surface area contributed by atoms with Gasteiger partial charge in [-0.1, -0.05) is 91.8 Å². The topological polar surface area (TPSA) is 177 Å². The first-order valence-electron chi connectivity index (χ1n) is 22.6. The van der Waals surface area contributed by atoms with E-state index in [1.807, 2.05) is 27.7 Å². The lowest BCUT2D eigenvalue weighted by molar-refractivity contribution is -0.162. The maximum absolute atomic E-state index is 12.5. The molecule has 332 valence electrons. The van der Waals surface area contributed by atoms with Crippen molar-refractivity contribution in [3.63, 3.8) is 0 Å². The summed E-state index contributed by atoms with van der Waals surface area (Å²) in [7, 11) is 0. The highest BCUT2D eigenvalue weighted by atomic mass is 16.6. The molecule has 5 rings (SSSR count). The number of allylic oxidation sites excluding steroid dienone is 6. The quantitative estimate of drug-likeness (QED) is 0.0879. The Morgan fingerprint density at radius 3 is 1.71 bits per heavy atom. The largest absolute Gasteiger partial charge is 0.481 e. The Morgan fingerprint density at radius 1 is 0.763 bits per heavy atom. The molecule has 0 unspecified atom stereocenters. The molecular weight excluding hydrogens is 753 g/mol. The van der Waals surface area contributed by atoms with Crippen LogP contribution in [0.4, 0.5) is 0 Å². The van der Waals surface area contributed by atoms with E-state index >= 15 is 0 Å². The monoisotopic (exact) mass is 827 g/mol. The predicted molar refractivity (Wildman–Crippen MR) is 225 cm³/mol. The maximum atomic E-state index is 12.5. The van der Waals surface area contributed by atoms with E-state index in [9.17, 15) is 34.5 Å². The molecule has 59 heavy (non-hydrogen) atoms. The SMILES string of the molecule is CC[C@H](C)C(=O)O[C@H]1C[C@@H](C)C=C2C=C[C@H](C)[C@H](CC[C@@H](O)C[C@@H](O)CC(=O)O)[C@H]21.CC[C@H](C)C(=O)O[C@H]1C[C@@H](C)C=C2C=C[C@H](C)[C@H](CC[C@@H]3C[C@@H](O)CC(=O)O3)[C@H]21. The van der Waals surface area contributed by atoms with Gasteiger partial charge in [0.1, 0.15) is 18.3 Å². The highest BCUT2D eigenvalue weighted by Crippen LogP contribution is 2.47. The average molecular weight is 827 g/mol. The molecule has 4 aliphatic carbocycles. The van der Waals surface area contributed by atoms with Gasteiger partial charge < -0.3 is 34.6 Å². The van der Waals surface area contributed by atoms with E-state index in [0.717, 1.165) is 44.9 Å². The van der Waals surface area contributed by atoms with Crippen molar-refractivity contribution in [1.29, 1.82) is 0 Å². The van der Waals surface area contributed by atoms with Crippen LogP contribution in [0.25, 0.3) is 0 Å². The lowest BCUT2D eigenvalue weighted by Crippen LogP contribution is -2.42. The second kappa shape index (κ2) is 22.5. The molecule has 4 N–H and O–H groups in total. The van der Waals surface area contributed by atoms with Crippen LogP contribution in [0.2, 0.25) is 0 Å². The third kappa shape index (κ3) is 13.9. The minimum absolute atomic E-state index is 0.0556. The minimum Gasteiger partial charge on any atom is -0.481 e. The molecule has 0 amide bonds. The van der Waals surface area contributed by atoms with Crippen molar-refractivity contribution in [2.75, 3.05) is 0 Å². The lowest BCUT2D eigenvalue weighted by Gasteiger charge is -2.43. The van der Waals surface area contributed by atoms with Crippen LogP contribution in [0.1, 0.15) is 132 Å². The Balaban J connectivity index is 0.000000261. The molecule has 1 aliphatic heterocycles. The summed E-state index contributed by atoms with van der Waals surface area (Å²) in [6.07, 6.45) is 16.8. The third-order valence-corrected chi connectivity index (χ3v) is 13.6. The molecule has 0 aromatic rings. The highest BCUT2D eigenvalue weighted by Gasteiger charge is 2.43. The summed E-state index contributed by atoms with van der Waals surface area (Å²) in [4.78, 5) is 47.4. The molecule has 5 aliphatic rings. The molecule has 16 atom stereocenters. The molecule has 11 heteroatoms. The summed E-state index contributed by atoms with van der Waals surface area (Å²) in [5.74, 6) is 0.349. The van der Waals surface area contributed by atoms with Crippen molar-refractivity contribution in [2.45, 2.75) is 169 Å². The van der Waals surface area contributed by atoms with Gasteiger partial charge >= 0.3 is 23.9 Å². The van der Waals surface area contributed by atoms with E-state index in [1.54, 1.807) is 0 Å². The molecule has 1 fully saturated rings. The fourth-order valence-corrected chi connectivity index (χ4v) is 9.83. The number of cyclic esters (lactones) is 1. The molecular formula is C48H74O11. The van der Waals surface area contributed by atoms with E-state index in [1.165, 1.54) is 11.1 Å². The number of carbonyl (C=O) groups is 4. The molecule has 1 saturated heterocycles. The second-order valence-corrected chi connectivity index (χ2v) is 18.6. The van der Waals surface area contributed by atoms with Crippen molar-refractivity contribution in [3.8, 4) is 0 Å². The van der Waals surface area contributed by atoms with E-state index in [0.29, 0.717) is 36.5 Å². The van der Waals surface area contributed by atoms with Crippen molar-refractivity contribution in [1.82, 2.24) is 0 Å². The van der Waals surface area contributed by atoms with Gasteiger partial charge in [0.25, 0.3) is 0 Å². The van der Waals surface area contributed by atoms with Gasteiger partial charge in [0.05, 0.1) is 43.0 Å². The van der Waals surface area contributed by atoms with Crippen molar-refractivity contribution in [2.24, 2.45) is 59.2 Å². The minimum atomic E-state index is -1.07. The Kier molecular flexibility index (Phi) is 18.5. The van der Waals surface area contributed by atoms with Crippen LogP contribution in [0, 0.1) is 59.2 Å². The molecule has 0 bridgehead atoms. The number of carboxylic acids is 1. The smallest absolute Gasteiger partial charge is 0.308 e. The number of carbonyl (C=O) groups excluding carboxylic acids is 3. The van der Waals surface area contributed by atoms with Crippen LogP contribution in [0.3, 0.4) is 0 Å². The van der Waals surface area contributed by atoms with Crippen LogP contribution in [0.5, 0.6) is 0 Å². The highest BCUT2D eigenvalue weighted by molar-refractivity contribution is 5.73. The van der Waals surface area contributed by atoms with Crippen LogP contribution >= 0.6 is 0 Å². The summed E-state index contributed by atoms with van der Waals surface area (Å²) in [6.45, 7) is 16.5. The molecule has 0 radical (unpaired) electrons. The lowest BCUT2D eigenvalue weighted by atomic mass is 9.65. The van der Waals surface area contributed by atoms with Gasteiger partial charge in [-0.15, -0.1) is 0 Å². The molecule has 0 spiro atoms. The van der Waals surface area contributed by atoms with Gasteiger partial charge in [-0.25, -0.2) is 0 Å². The molecule has 1 heterocycles. The van der Waals surface area contributed by atoms with Gasteiger partial charge in [0, 0.05) is 18.3 Å². The average Bonchev–Trinajstić information content (AvgIpc) is 3.16. The first-order chi connectivity index (χ1) is 27.9. The fraction of sp³-hybridized carbons (Fsp3) is 0.750. The molecule has 0 saturated carbocycles. The predicted octanol–water partition coefficient (Wildman–Crippen LogP) is 7.91. The van der Waals surface area contributed by atoms with Crippen LogP contribution < -0.4 is 0 Å². The van der Waals surface area contributed by atoms with E-state index in [-0.39, 0.29) is 91.0 Å². The summed E-state index contributed by atoms with van der Waals surface area (Å²) in [5, 5.41) is 38.8. The number of aliphatic carboxylic acids is 1. The number of carboxylic acid groups (broad SMARTS) is 1. The molecule has 11 nitrogen and oxygen atoms in total. The summed E-state index contributed by atoms with van der Waals surface area (Å²) < 4.78 is 17.5. The Hall–Kier alpha value is -3.28. The Bertz CT molecular complexity index is 1550. The number of aliphatic hydroxyl groups is 3. The zero-order valence-corrected chi connectivity index (χ0v) is 36.8. The van der Waals surface area contributed by atoms with E-state index in [2.05, 4.69) is 64.2 Å². The number of hydrogen-bond acceptors (Lipinski definition) is 10. The first kappa shape index (κ1) is 48.4. The standard InChI is InChI=1S/C24H38O6.C24H36O5/c1-5-15(3)24(29)30-21-11-14(2)10-17-7-6-16(4)20(23(17)21)9-8-18(25)12-19(26)13-22(27)28;1-5-15(3)24(27)29-21-11-14(2)10-17-7-6-16(4)20(23(17)21)9-8-19-12-18(25)13-22(26)28-19/h6-7,10,14-16,18-21,23,25-26H,5,8-9,11-13H2,1-4H3,(H,27,28);6-7,10,14-16,18-21,23,25H,5,8-9,11-13H2,1-4H3/t2*14-,15-,16-,18+,19+,20-,21-,23-/m00/s1. The molecule has 0 aromatic carbocycles. The number of hydrogen-bond donors (Lipinski definition) is 4. The number of ether oxygens (including phenoxy) is 3. The van der Waals surface area contributed by atoms with Crippen LogP contribution in [-0.2, 0) is 33.4 Å². The van der Waals surface area contributed by atoms with Crippen molar-refractivity contribution in [3.05, 3.63) is 47.6 Å².